The number of hydrogen-bond acceptors (Lipinski definition) is 4. The van der Waals surface area contributed by atoms with Crippen LogP contribution in [0.5, 0.6) is 0 Å². The van der Waals surface area contributed by atoms with E-state index in [1.165, 1.54) is 0 Å². The van der Waals surface area contributed by atoms with Gasteiger partial charge in [0.1, 0.15) is 0 Å². The molecule has 0 bridgehead atoms. The maximum absolute atomic E-state index is 8.82. The first kappa shape index (κ1) is 10.8. The molecule has 0 aromatic heterocycles. The zero-order valence-electron chi connectivity index (χ0n) is 7.09. The van der Waals surface area contributed by atoms with Gasteiger partial charge < -0.3 is 21.9 Å². The zero-order chi connectivity index (χ0) is 8.69. The molecule has 0 aromatic carbocycles. The summed E-state index contributed by atoms with van der Waals surface area (Å²) >= 11 is 0. The van der Waals surface area contributed by atoms with Crippen LogP contribution in [-0.2, 0) is 0 Å². The number of rotatable bonds is 6. The van der Waals surface area contributed by atoms with Crippen molar-refractivity contribution < 1.29 is 5.11 Å². The van der Waals surface area contributed by atoms with E-state index in [4.69, 9.17) is 16.6 Å². The van der Waals surface area contributed by atoms with E-state index in [0.29, 0.717) is 19.1 Å². The Morgan fingerprint density at radius 3 is 2.45 bits per heavy atom. The van der Waals surface area contributed by atoms with Gasteiger partial charge in [0, 0.05) is 19.8 Å². The summed E-state index contributed by atoms with van der Waals surface area (Å²) in [5.74, 6) is 0.572. The van der Waals surface area contributed by atoms with Gasteiger partial charge in [-0.1, -0.05) is 6.92 Å². The van der Waals surface area contributed by atoms with Crippen molar-refractivity contribution in [3.63, 3.8) is 0 Å². The predicted octanol–water partition coefficient (Wildman–Crippen LogP) is -1.30. The van der Waals surface area contributed by atoms with Gasteiger partial charge in [0.05, 0.1) is 0 Å². The highest BCUT2D eigenvalue weighted by Crippen LogP contribution is 2.07. The quantitative estimate of drug-likeness (QED) is 0.365. The van der Waals surface area contributed by atoms with E-state index >= 15 is 0 Å². The van der Waals surface area contributed by atoms with Crippen LogP contribution in [-0.4, -0.2) is 31.5 Å². The molecule has 2 atom stereocenters. The summed E-state index contributed by atoms with van der Waals surface area (Å²) in [5.41, 5.74) is 10.8. The van der Waals surface area contributed by atoms with Crippen LogP contribution in [0.1, 0.15) is 6.92 Å². The molecule has 0 aromatic rings. The normalized spacial score (nSPS) is 16.4. The van der Waals surface area contributed by atoms with Crippen molar-refractivity contribution in [3.05, 3.63) is 0 Å². The first-order valence-corrected chi connectivity index (χ1v) is 3.98. The Kier molecular flexibility index (Phi) is 6.45. The van der Waals surface area contributed by atoms with Crippen LogP contribution in [0.4, 0.5) is 0 Å². The summed E-state index contributed by atoms with van der Waals surface area (Å²) in [7, 11) is 0. The summed E-state index contributed by atoms with van der Waals surface area (Å²) in [6, 6.07) is 0. The SMILES string of the molecule is C[C@@H](CO)[C@H](CN)CNCN. The molecule has 68 valence electrons. The van der Waals surface area contributed by atoms with Crippen LogP contribution in [0.15, 0.2) is 0 Å². The van der Waals surface area contributed by atoms with Gasteiger partial charge in [0.15, 0.2) is 0 Å². The Hall–Kier alpha value is -0.160. The van der Waals surface area contributed by atoms with Crippen LogP contribution in [0.25, 0.3) is 0 Å². The molecule has 11 heavy (non-hydrogen) atoms. The number of nitrogens with two attached hydrogens (primary N) is 2. The van der Waals surface area contributed by atoms with E-state index in [1.807, 2.05) is 6.92 Å². The lowest BCUT2D eigenvalue weighted by atomic mass is 9.95. The summed E-state index contributed by atoms with van der Waals surface area (Å²) < 4.78 is 0. The fourth-order valence-electron chi connectivity index (χ4n) is 0.935. The molecule has 4 heteroatoms. The van der Waals surface area contributed by atoms with Crippen LogP contribution in [0, 0.1) is 11.8 Å². The molecule has 0 heterocycles. The molecule has 0 amide bonds. The van der Waals surface area contributed by atoms with Crippen molar-refractivity contribution in [3.8, 4) is 0 Å². The van der Waals surface area contributed by atoms with Gasteiger partial charge in [-0.3, -0.25) is 0 Å². The van der Waals surface area contributed by atoms with Gasteiger partial charge >= 0.3 is 0 Å². The standard InChI is InChI=1S/C7H19N3O/c1-6(4-11)7(2-8)3-10-5-9/h6-7,10-11H,2-5,8-9H2,1H3/t6-,7+/m0/s1. The van der Waals surface area contributed by atoms with E-state index in [0.717, 1.165) is 6.54 Å². The van der Waals surface area contributed by atoms with Crippen LogP contribution < -0.4 is 16.8 Å². The van der Waals surface area contributed by atoms with E-state index in [-0.39, 0.29) is 12.5 Å². The van der Waals surface area contributed by atoms with E-state index in [2.05, 4.69) is 5.32 Å². The third kappa shape index (κ3) is 4.31. The molecular formula is C7H19N3O. The molecule has 0 saturated carbocycles. The smallest absolute Gasteiger partial charge is 0.0460 e. The van der Waals surface area contributed by atoms with Crippen molar-refractivity contribution in [2.75, 3.05) is 26.4 Å². The van der Waals surface area contributed by atoms with Crippen LogP contribution in [0.2, 0.25) is 0 Å². The Morgan fingerprint density at radius 2 is 2.09 bits per heavy atom. The Bertz CT molecular complexity index is 89.8. The minimum Gasteiger partial charge on any atom is -0.396 e. The lowest BCUT2D eigenvalue weighted by molar-refractivity contribution is 0.188. The molecule has 0 radical (unpaired) electrons. The van der Waals surface area contributed by atoms with Gasteiger partial charge in [0.2, 0.25) is 0 Å². The fraction of sp³-hybridized carbons (Fsp3) is 1.00. The topological polar surface area (TPSA) is 84.3 Å². The van der Waals surface area contributed by atoms with Crippen molar-refractivity contribution >= 4 is 0 Å². The number of nitrogens with one attached hydrogen (secondary N) is 1. The van der Waals surface area contributed by atoms with Crippen LogP contribution >= 0.6 is 0 Å². The molecule has 0 aliphatic rings. The summed E-state index contributed by atoms with van der Waals surface area (Å²) in [5, 5.41) is 11.8. The van der Waals surface area contributed by atoms with E-state index in [1.54, 1.807) is 0 Å². The lowest BCUT2D eigenvalue weighted by Crippen LogP contribution is -2.36. The van der Waals surface area contributed by atoms with Gasteiger partial charge in [-0.2, -0.15) is 0 Å². The molecule has 4 nitrogen and oxygen atoms in total. The summed E-state index contributed by atoms with van der Waals surface area (Å²) in [6.45, 7) is 4.02. The van der Waals surface area contributed by atoms with Crippen molar-refractivity contribution in [2.24, 2.45) is 23.3 Å². The average molecular weight is 161 g/mol. The minimum absolute atomic E-state index is 0.189. The summed E-state index contributed by atoms with van der Waals surface area (Å²) in [6.07, 6.45) is 0. The van der Waals surface area contributed by atoms with Gasteiger partial charge in [0.25, 0.3) is 0 Å². The molecule has 0 saturated heterocycles. The molecule has 0 fully saturated rings. The third-order valence-corrected chi connectivity index (χ3v) is 1.95. The average Bonchev–Trinajstić information content (AvgIpc) is 2.05. The van der Waals surface area contributed by atoms with E-state index in [9.17, 15) is 0 Å². The highest BCUT2D eigenvalue weighted by Gasteiger charge is 2.13. The molecule has 0 aliphatic carbocycles. The first-order chi connectivity index (χ1) is 5.26. The third-order valence-electron chi connectivity index (χ3n) is 1.95. The Balaban J connectivity index is 3.56. The number of aliphatic hydroxyl groups excluding tert-OH is 1. The van der Waals surface area contributed by atoms with Gasteiger partial charge in [-0.25, -0.2) is 0 Å². The van der Waals surface area contributed by atoms with Crippen LogP contribution in [0.3, 0.4) is 0 Å². The second kappa shape index (κ2) is 6.54. The number of aliphatic hydroxyl groups is 1. The first-order valence-electron chi connectivity index (χ1n) is 3.98. The monoisotopic (exact) mass is 161 g/mol. The minimum atomic E-state index is 0.189. The highest BCUT2D eigenvalue weighted by molar-refractivity contribution is 4.68. The maximum Gasteiger partial charge on any atom is 0.0460 e. The van der Waals surface area contributed by atoms with E-state index < -0.39 is 0 Å². The van der Waals surface area contributed by atoms with Gasteiger partial charge in [-0.15, -0.1) is 0 Å². The Labute approximate surface area is 68.0 Å². The zero-order valence-corrected chi connectivity index (χ0v) is 7.09. The molecule has 0 spiro atoms. The van der Waals surface area contributed by atoms with Crippen molar-refractivity contribution in [1.29, 1.82) is 0 Å². The second-order valence-corrected chi connectivity index (χ2v) is 2.81. The largest absolute Gasteiger partial charge is 0.396 e. The molecular weight excluding hydrogens is 142 g/mol. The fourth-order valence-corrected chi connectivity index (χ4v) is 0.935. The molecule has 0 rings (SSSR count). The van der Waals surface area contributed by atoms with Gasteiger partial charge in [-0.05, 0) is 18.4 Å². The predicted molar refractivity (Wildman–Crippen MR) is 45.9 cm³/mol. The highest BCUT2D eigenvalue weighted by atomic mass is 16.3. The Morgan fingerprint density at radius 1 is 1.45 bits per heavy atom. The molecule has 0 unspecified atom stereocenters. The second-order valence-electron chi connectivity index (χ2n) is 2.81. The number of hydrogen-bond donors (Lipinski definition) is 4. The maximum atomic E-state index is 8.82. The van der Waals surface area contributed by atoms with Crippen molar-refractivity contribution in [1.82, 2.24) is 5.32 Å². The molecule has 0 aliphatic heterocycles. The van der Waals surface area contributed by atoms with Crippen molar-refractivity contribution in [2.45, 2.75) is 6.92 Å². The lowest BCUT2D eigenvalue weighted by Gasteiger charge is -2.20. The molecule has 6 N–H and O–H groups in total. The summed E-state index contributed by atoms with van der Waals surface area (Å²) in [4.78, 5) is 0.